The number of hydrogen-bond acceptors (Lipinski definition) is 3. The van der Waals surface area contributed by atoms with E-state index < -0.39 is 16.1 Å². The summed E-state index contributed by atoms with van der Waals surface area (Å²) in [6, 6.07) is 53.2. The Kier molecular flexibility index (Phi) is 9.08. The molecule has 5 aromatic rings. The van der Waals surface area contributed by atoms with Crippen molar-refractivity contribution < 1.29 is 4.74 Å². The van der Waals surface area contributed by atoms with Crippen LogP contribution in [0, 0.1) is 0 Å². The van der Waals surface area contributed by atoms with Crippen molar-refractivity contribution in [3.63, 3.8) is 0 Å². The third-order valence-electron chi connectivity index (χ3n) is 7.59. The molecule has 1 atom stereocenters. The molecule has 1 aliphatic rings. The second-order valence-electron chi connectivity index (χ2n) is 10.2. The highest BCUT2D eigenvalue weighted by Gasteiger charge is 2.36. The van der Waals surface area contributed by atoms with Gasteiger partial charge in [0.05, 0.1) is 20.9 Å². The zero-order valence-electron chi connectivity index (χ0n) is 23.5. The minimum absolute atomic E-state index is 0.406. The van der Waals surface area contributed by atoms with Gasteiger partial charge in [-0.15, -0.1) is 0 Å². The molecule has 1 fully saturated rings. The number of anilines is 1. The number of ether oxygens (including phenoxy) is 1. The quantitative estimate of drug-likeness (QED) is 0.166. The van der Waals surface area contributed by atoms with Crippen LogP contribution < -0.4 is 30.6 Å². The van der Waals surface area contributed by atoms with E-state index in [1.807, 2.05) is 0 Å². The molecule has 0 unspecified atom stereocenters. The van der Waals surface area contributed by atoms with Crippen LogP contribution in [0.25, 0.3) is 0 Å². The first-order chi connectivity index (χ1) is 20.3. The minimum atomic E-state index is -0.842. The highest BCUT2D eigenvalue weighted by Crippen LogP contribution is 2.49. The fraction of sp³-hybridized carbons (Fsp3) is 0.167. The van der Waals surface area contributed by atoms with E-state index in [0.717, 1.165) is 24.5 Å². The highest BCUT2D eigenvalue weighted by molar-refractivity contribution is 7.74. The van der Waals surface area contributed by atoms with Crippen molar-refractivity contribution in [2.75, 3.05) is 24.9 Å². The third kappa shape index (κ3) is 6.24. The van der Waals surface area contributed by atoms with Gasteiger partial charge in [0.2, 0.25) is 0 Å². The van der Waals surface area contributed by atoms with Crippen LogP contribution in [0.5, 0.6) is 5.75 Å². The Morgan fingerprint density at radius 2 is 1.10 bits per heavy atom. The van der Waals surface area contributed by atoms with Gasteiger partial charge in [-0.3, -0.25) is 4.67 Å². The van der Waals surface area contributed by atoms with Crippen molar-refractivity contribution in [2.24, 2.45) is 0 Å². The van der Waals surface area contributed by atoms with Crippen molar-refractivity contribution in [1.29, 1.82) is 0 Å². The Balaban J connectivity index is 1.45. The standard InChI is InChI=1S/C36H36N2OP2/c1-39-36-27-15-14-26-35(36)38(41(33-22-10-4-11-23-33)34-24-12-5-13-25-34)29-30-17-16-28-37(30)40(31-18-6-2-7-19-31)32-20-8-3-9-21-32/h2-15,18-27,30H,16-17,28-29H2,1H3/t30-/m0/s1. The van der Waals surface area contributed by atoms with Gasteiger partial charge in [-0.2, -0.15) is 0 Å². The zero-order valence-corrected chi connectivity index (χ0v) is 25.2. The molecule has 5 aromatic carbocycles. The van der Waals surface area contributed by atoms with Crippen molar-refractivity contribution in [2.45, 2.75) is 18.9 Å². The molecule has 5 heteroatoms. The van der Waals surface area contributed by atoms with E-state index in [-0.39, 0.29) is 0 Å². The van der Waals surface area contributed by atoms with Crippen molar-refractivity contribution >= 4 is 43.1 Å². The van der Waals surface area contributed by atoms with Crippen molar-refractivity contribution in [3.05, 3.63) is 146 Å². The second-order valence-corrected chi connectivity index (χ2v) is 14.5. The van der Waals surface area contributed by atoms with Crippen molar-refractivity contribution in [1.82, 2.24) is 4.67 Å². The van der Waals surface area contributed by atoms with Crippen LogP contribution in [-0.4, -0.2) is 30.9 Å². The highest BCUT2D eigenvalue weighted by atomic mass is 31.1. The van der Waals surface area contributed by atoms with Crippen molar-refractivity contribution in [3.8, 4) is 5.75 Å². The number of methoxy groups -OCH3 is 1. The molecule has 6 rings (SSSR count). The van der Waals surface area contributed by atoms with Gasteiger partial charge >= 0.3 is 0 Å². The molecule has 0 amide bonds. The Morgan fingerprint density at radius 3 is 1.61 bits per heavy atom. The molecule has 0 radical (unpaired) electrons. The van der Waals surface area contributed by atoms with Gasteiger partial charge in [0.1, 0.15) is 5.75 Å². The van der Waals surface area contributed by atoms with Crippen LogP contribution >= 0.6 is 16.1 Å². The summed E-state index contributed by atoms with van der Waals surface area (Å²) in [7, 11) is 0.299. The van der Waals surface area contributed by atoms with E-state index in [0.29, 0.717) is 6.04 Å². The van der Waals surface area contributed by atoms with E-state index >= 15 is 0 Å². The van der Waals surface area contributed by atoms with Crippen LogP contribution in [0.4, 0.5) is 5.69 Å². The molecule has 1 aliphatic heterocycles. The Morgan fingerprint density at radius 1 is 0.634 bits per heavy atom. The van der Waals surface area contributed by atoms with Gasteiger partial charge < -0.3 is 9.41 Å². The molecule has 0 spiro atoms. The molecule has 0 N–H and O–H groups in total. The number of para-hydroxylation sites is 2. The van der Waals surface area contributed by atoms with Crippen LogP contribution in [-0.2, 0) is 0 Å². The molecule has 3 nitrogen and oxygen atoms in total. The van der Waals surface area contributed by atoms with E-state index in [4.69, 9.17) is 4.74 Å². The number of nitrogens with zero attached hydrogens (tertiary/aromatic N) is 2. The van der Waals surface area contributed by atoms with Gasteiger partial charge in [0, 0.05) is 37.8 Å². The van der Waals surface area contributed by atoms with Crippen LogP contribution in [0.3, 0.4) is 0 Å². The van der Waals surface area contributed by atoms with Gasteiger partial charge in [0.25, 0.3) is 0 Å². The Hall–Kier alpha value is -3.48. The maximum Gasteiger partial charge on any atom is 0.142 e. The fourth-order valence-electron chi connectivity index (χ4n) is 5.75. The lowest BCUT2D eigenvalue weighted by molar-refractivity contribution is 0.411. The summed E-state index contributed by atoms with van der Waals surface area (Å²) in [5.41, 5.74) is 1.16. The normalized spacial score (nSPS) is 15.3. The maximum absolute atomic E-state index is 5.98. The van der Waals surface area contributed by atoms with E-state index in [9.17, 15) is 0 Å². The lowest BCUT2D eigenvalue weighted by Crippen LogP contribution is -2.41. The summed E-state index contributed by atoms with van der Waals surface area (Å²) in [6.07, 6.45) is 2.38. The number of hydrogen-bond donors (Lipinski definition) is 0. The molecular weight excluding hydrogens is 538 g/mol. The average Bonchev–Trinajstić information content (AvgIpc) is 3.50. The monoisotopic (exact) mass is 574 g/mol. The van der Waals surface area contributed by atoms with Crippen LogP contribution in [0.2, 0.25) is 0 Å². The summed E-state index contributed by atoms with van der Waals surface area (Å²) in [5, 5.41) is 5.52. The predicted octanol–water partition coefficient (Wildman–Crippen LogP) is 7.06. The van der Waals surface area contributed by atoms with Gasteiger partial charge in [-0.1, -0.05) is 133 Å². The summed E-state index contributed by atoms with van der Waals surface area (Å²) >= 11 is 0. The Labute approximate surface area is 247 Å². The maximum atomic E-state index is 5.98. The summed E-state index contributed by atoms with van der Waals surface area (Å²) in [5.74, 6) is 0.921. The molecule has 0 aromatic heterocycles. The molecule has 0 bridgehead atoms. The number of benzene rings is 5. The lowest BCUT2D eigenvalue weighted by Gasteiger charge is -2.40. The van der Waals surface area contributed by atoms with E-state index in [1.165, 1.54) is 34.1 Å². The fourth-order valence-corrected chi connectivity index (χ4v) is 10.9. The molecule has 0 saturated carbocycles. The van der Waals surface area contributed by atoms with E-state index in [1.54, 1.807) is 7.11 Å². The largest absolute Gasteiger partial charge is 0.495 e. The summed E-state index contributed by atoms with van der Waals surface area (Å²) < 4.78 is 11.5. The minimum Gasteiger partial charge on any atom is -0.495 e. The molecule has 41 heavy (non-hydrogen) atoms. The lowest BCUT2D eigenvalue weighted by atomic mass is 10.2. The smallest absolute Gasteiger partial charge is 0.142 e. The molecular formula is C36H36N2OP2. The first-order valence-corrected chi connectivity index (χ1v) is 16.9. The molecule has 0 aliphatic carbocycles. The molecule has 1 saturated heterocycles. The first kappa shape index (κ1) is 27.7. The predicted molar refractivity (Wildman–Crippen MR) is 178 cm³/mol. The third-order valence-corrected chi connectivity index (χ3v) is 12.6. The van der Waals surface area contributed by atoms with Crippen LogP contribution in [0.1, 0.15) is 12.8 Å². The van der Waals surface area contributed by atoms with E-state index in [2.05, 4.69) is 155 Å². The average molecular weight is 575 g/mol. The SMILES string of the molecule is COc1ccccc1N(C[C@@H]1CCCN1P(c1ccccc1)c1ccccc1)P(c1ccccc1)c1ccccc1. The zero-order chi connectivity index (χ0) is 27.9. The Bertz CT molecular complexity index is 1420. The summed E-state index contributed by atoms with van der Waals surface area (Å²) in [6.45, 7) is 2.03. The molecule has 206 valence electrons. The van der Waals surface area contributed by atoms with Gasteiger partial charge in [-0.25, -0.2) is 0 Å². The second kappa shape index (κ2) is 13.5. The summed E-state index contributed by atoms with van der Waals surface area (Å²) in [4.78, 5) is 0. The van der Waals surface area contributed by atoms with Gasteiger partial charge in [0.15, 0.2) is 0 Å². The first-order valence-electron chi connectivity index (χ1n) is 14.3. The number of rotatable bonds is 10. The van der Waals surface area contributed by atoms with Crippen LogP contribution in [0.15, 0.2) is 146 Å². The topological polar surface area (TPSA) is 15.7 Å². The molecule has 1 heterocycles. The van der Waals surface area contributed by atoms with Gasteiger partial charge in [-0.05, 0) is 35.6 Å².